The number of hydrogen-bond donors (Lipinski definition) is 4. The minimum Gasteiger partial charge on any atom is -0.394 e. The van der Waals surface area contributed by atoms with E-state index in [0.29, 0.717) is 13.2 Å². The molecule has 51 heavy (non-hydrogen) atoms. The van der Waals surface area contributed by atoms with Crippen LogP contribution in [0.5, 0.6) is 0 Å². The molecule has 3 atom stereocenters. The molecule has 0 heterocycles. The zero-order valence-electron chi connectivity index (χ0n) is 33.2. The highest BCUT2D eigenvalue weighted by atomic mass is 31.2. The van der Waals surface area contributed by atoms with Crippen LogP contribution >= 0.6 is 7.60 Å². The molecule has 0 aromatic rings. The van der Waals surface area contributed by atoms with Crippen molar-refractivity contribution in [3.05, 3.63) is 24.3 Å². The molecule has 0 aliphatic rings. The topological polar surface area (TPSA) is 126 Å². The summed E-state index contributed by atoms with van der Waals surface area (Å²) in [7, 11) is -4.77. The highest BCUT2D eigenvalue weighted by molar-refractivity contribution is 7.52. The lowest BCUT2D eigenvalue weighted by atomic mass is 10.1. The van der Waals surface area contributed by atoms with E-state index in [1.54, 1.807) is 0 Å². The van der Waals surface area contributed by atoms with Gasteiger partial charge in [-0.2, -0.15) is 0 Å². The Labute approximate surface area is 314 Å². The van der Waals surface area contributed by atoms with Gasteiger partial charge in [0.05, 0.1) is 19.8 Å². The molecule has 0 aromatic heterocycles. The van der Waals surface area contributed by atoms with Gasteiger partial charge in [-0.3, -0.25) is 4.57 Å². The summed E-state index contributed by atoms with van der Waals surface area (Å²) in [4.78, 5) is 19.2. The van der Waals surface area contributed by atoms with Gasteiger partial charge in [-0.1, -0.05) is 154 Å². The van der Waals surface area contributed by atoms with Crippen LogP contribution in [0.2, 0.25) is 0 Å². The standard InChI is InChI=1S/C42H83O8P/c1-3-5-7-9-11-13-15-17-19-21-23-25-27-29-31-33-35-48-38-40(39-50-42(41(44)37-43)51(45,46)47)49-36-34-32-30-28-26-24-22-20-18-16-14-12-10-8-6-4-2/h17-20,40-44H,3-16,21-39H2,1-2H3,(H2,45,46,47)/b19-17-,20-18-/t40-,41?,42?/m1/s1. The summed E-state index contributed by atoms with van der Waals surface area (Å²) < 4.78 is 29.1. The largest absolute Gasteiger partial charge is 0.394 e. The molecule has 0 amide bonds. The van der Waals surface area contributed by atoms with E-state index in [0.717, 1.165) is 32.1 Å². The van der Waals surface area contributed by atoms with Crippen LogP contribution in [0.1, 0.15) is 194 Å². The smallest absolute Gasteiger partial charge is 0.356 e. The average Bonchev–Trinajstić information content (AvgIpc) is 3.11. The fourth-order valence-corrected chi connectivity index (χ4v) is 6.96. The van der Waals surface area contributed by atoms with Crippen molar-refractivity contribution in [2.45, 2.75) is 212 Å². The van der Waals surface area contributed by atoms with Gasteiger partial charge in [0.15, 0.2) is 5.85 Å². The van der Waals surface area contributed by atoms with E-state index >= 15 is 0 Å². The van der Waals surface area contributed by atoms with Crippen molar-refractivity contribution in [2.75, 3.05) is 33.0 Å². The normalized spacial score (nSPS) is 14.2. The zero-order chi connectivity index (χ0) is 37.5. The Morgan fingerprint density at radius 3 is 1.27 bits per heavy atom. The first kappa shape index (κ1) is 50.4. The highest BCUT2D eigenvalue weighted by Gasteiger charge is 2.36. The van der Waals surface area contributed by atoms with Crippen LogP contribution in [0.15, 0.2) is 24.3 Å². The quantitative estimate of drug-likeness (QED) is 0.0277. The second-order valence-electron chi connectivity index (χ2n) is 14.5. The van der Waals surface area contributed by atoms with Gasteiger partial charge in [0, 0.05) is 13.2 Å². The Morgan fingerprint density at radius 2 is 0.882 bits per heavy atom. The van der Waals surface area contributed by atoms with E-state index in [1.807, 2.05) is 0 Å². The van der Waals surface area contributed by atoms with Crippen LogP contribution in [0.3, 0.4) is 0 Å². The van der Waals surface area contributed by atoms with Gasteiger partial charge in [0.1, 0.15) is 12.2 Å². The third kappa shape index (κ3) is 36.2. The summed E-state index contributed by atoms with van der Waals surface area (Å²) in [6, 6.07) is 0. The van der Waals surface area contributed by atoms with Gasteiger partial charge in [-0.25, -0.2) is 0 Å². The molecule has 0 aliphatic heterocycles. The molecule has 0 aliphatic carbocycles. The van der Waals surface area contributed by atoms with Crippen molar-refractivity contribution < 1.29 is 38.8 Å². The van der Waals surface area contributed by atoms with E-state index in [1.165, 1.54) is 148 Å². The molecule has 4 N–H and O–H groups in total. The van der Waals surface area contributed by atoms with Crippen LogP contribution in [-0.2, 0) is 18.8 Å². The molecule has 304 valence electrons. The number of aliphatic hydroxyl groups is 2. The van der Waals surface area contributed by atoms with Crippen molar-refractivity contribution in [1.82, 2.24) is 0 Å². The molecule has 0 aromatic carbocycles. The average molecular weight is 747 g/mol. The third-order valence-electron chi connectivity index (χ3n) is 9.41. The number of hydrogen-bond acceptors (Lipinski definition) is 6. The maximum absolute atomic E-state index is 11.8. The van der Waals surface area contributed by atoms with Crippen LogP contribution in [0, 0.1) is 0 Å². The van der Waals surface area contributed by atoms with Crippen LogP contribution in [-0.4, -0.2) is 71.1 Å². The Bertz CT molecular complexity index is 802. The Hall–Kier alpha value is -0.570. The maximum atomic E-state index is 11.8. The van der Waals surface area contributed by atoms with E-state index in [2.05, 4.69) is 38.2 Å². The number of ether oxygens (including phenoxy) is 3. The molecule has 0 spiro atoms. The second kappa shape index (κ2) is 39.1. The lowest BCUT2D eigenvalue weighted by Crippen LogP contribution is -2.36. The van der Waals surface area contributed by atoms with Crippen LogP contribution in [0.4, 0.5) is 0 Å². The number of aliphatic hydroxyl groups excluding tert-OH is 2. The number of rotatable bonds is 41. The molecule has 0 saturated heterocycles. The Morgan fingerprint density at radius 1 is 0.510 bits per heavy atom. The molecule has 0 fully saturated rings. The van der Waals surface area contributed by atoms with E-state index in [-0.39, 0.29) is 13.2 Å². The zero-order valence-corrected chi connectivity index (χ0v) is 34.1. The van der Waals surface area contributed by atoms with Crippen molar-refractivity contribution in [3.63, 3.8) is 0 Å². The van der Waals surface area contributed by atoms with Crippen LogP contribution < -0.4 is 0 Å². The Kier molecular flexibility index (Phi) is 38.7. The molecular weight excluding hydrogens is 663 g/mol. The van der Waals surface area contributed by atoms with Crippen molar-refractivity contribution in [2.24, 2.45) is 0 Å². The van der Waals surface area contributed by atoms with Gasteiger partial charge in [0.25, 0.3) is 0 Å². The molecule has 2 unspecified atom stereocenters. The Balaban J connectivity index is 4.13. The van der Waals surface area contributed by atoms with Gasteiger partial charge in [0.2, 0.25) is 0 Å². The van der Waals surface area contributed by atoms with E-state index < -0.39 is 32.3 Å². The SMILES string of the molecule is CCCCCCCC/C=C\CCCCCCCCOC[C@H](COC(C(O)CO)P(=O)(O)O)OCCCCCCCC/C=C\CCCCCCCC. The van der Waals surface area contributed by atoms with Gasteiger partial charge < -0.3 is 34.2 Å². The maximum Gasteiger partial charge on any atom is 0.356 e. The molecule has 0 saturated carbocycles. The molecule has 0 radical (unpaired) electrons. The highest BCUT2D eigenvalue weighted by Crippen LogP contribution is 2.43. The third-order valence-corrected chi connectivity index (χ3v) is 10.6. The first-order valence-corrected chi connectivity index (χ1v) is 23.0. The molecule has 0 bridgehead atoms. The summed E-state index contributed by atoms with van der Waals surface area (Å²) in [6.45, 7) is 4.94. The summed E-state index contributed by atoms with van der Waals surface area (Å²) in [5.41, 5.74) is 0. The molecular formula is C42H83O8P. The fraction of sp³-hybridized carbons (Fsp3) is 0.905. The monoisotopic (exact) mass is 747 g/mol. The van der Waals surface area contributed by atoms with E-state index in [9.17, 15) is 24.6 Å². The van der Waals surface area contributed by atoms with Crippen LogP contribution in [0.25, 0.3) is 0 Å². The van der Waals surface area contributed by atoms with Gasteiger partial charge in [-0.05, 0) is 64.2 Å². The fourth-order valence-electron chi connectivity index (χ4n) is 6.14. The predicted molar refractivity (Wildman–Crippen MR) is 214 cm³/mol. The van der Waals surface area contributed by atoms with Gasteiger partial charge in [-0.15, -0.1) is 0 Å². The lowest BCUT2D eigenvalue weighted by Gasteiger charge is -2.25. The first-order chi connectivity index (χ1) is 24.9. The number of allylic oxidation sites excluding steroid dienone is 4. The molecule has 0 rings (SSSR count). The van der Waals surface area contributed by atoms with Crippen molar-refractivity contribution in [1.29, 1.82) is 0 Å². The minimum atomic E-state index is -4.77. The lowest BCUT2D eigenvalue weighted by molar-refractivity contribution is -0.0924. The van der Waals surface area contributed by atoms with Crippen molar-refractivity contribution in [3.8, 4) is 0 Å². The summed E-state index contributed by atoms with van der Waals surface area (Å²) in [5.74, 6) is -1.80. The summed E-state index contributed by atoms with van der Waals surface area (Å²) in [6.07, 6.45) is 42.0. The summed E-state index contributed by atoms with van der Waals surface area (Å²) in [5, 5.41) is 19.1. The second-order valence-corrected chi connectivity index (χ2v) is 16.2. The molecule has 8 nitrogen and oxygen atoms in total. The van der Waals surface area contributed by atoms with E-state index in [4.69, 9.17) is 14.2 Å². The minimum absolute atomic E-state index is 0.132. The first-order valence-electron chi connectivity index (χ1n) is 21.3. The summed E-state index contributed by atoms with van der Waals surface area (Å²) >= 11 is 0. The predicted octanol–water partition coefficient (Wildman–Crippen LogP) is 11.3. The number of unbranched alkanes of at least 4 members (excludes halogenated alkanes) is 24. The molecule has 9 heteroatoms. The van der Waals surface area contributed by atoms with Crippen molar-refractivity contribution >= 4 is 7.60 Å². The van der Waals surface area contributed by atoms with Gasteiger partial charge >= 0.3 is 7.60 Å².